The third-order valence-corrected chi connectivity index (χ3v) is 4.67. The highest BCUT2D eigenvalue weighted by Crippen LogP contribution is 2.24. The molecule has 2 atom stereocenters. The van der Waals surface area contributed by atoms with Gasteiger partial charge in [0.25, 0.3) is 5.56 Å². The Hall–Kier alpha value is -2.00. The molecule has 0 bridgehead atoms. The molecule has 0 fully saturated rings. The Morgan fingerprint density at radius 1 is 1.36 bits per heavy atom. The number of nitrogens with one attached hydrogen (secondary N) is 2. The highest BCUT2D eigenvalue weighted by molar-refractivity contribution is 6.42. The lowest BCUT2D eigenvalue weighted by molar-refractivity contribution is -0.125. The average molecular weight is 431 g/mol. The molecular formula is C18H21Cl2FN4O3. The summed E-state index contributed by atoms with van der Waals surface area (Å²) in [5.41, 5.74) is 0.193. The van der Waals surface area contributed by atoms with E-state index in [9.17, 15) is 19.1 Å². The molecule has 3 N–H and O–H groups in total. The van der Waals surface area contributed by atoms with Gasteiger partial charge >= 0.3 is 0 Å². The zero-order valence-corrected chi connectivity index (χ0v) is 16.7. The number of carbonyl (C=O) groups excluding carboxylic acids is 1. The smallest absolute Gasteiger partial charge is 0.261 e. The molecule has 0 spiro atoms. The molecule has 2 rings (SSSR count). The molecule has 0 aliphatic rings. The number of hydrogen-bond donors (Lipinski definition) is 3. The van der Waals surface area contributed by atoms with E-state index in [4.69, 9.17) is 23.2 Å². The van der Waals surface area contributed by atoms with Gasteiger partial charge in [-0.3, -0.25) is 14.2 Å². The summed E-state index contributed by atoms with van der Waals surface area (Å²) in [5, 5.41) is 15.8. The quantitative estimate of drug-likeness (QED) is 0.526. The largest absolute Gasteiger partial charge is 0.391 e. The van der Waals surface area contributed by atoms with Gasteiger partial charge in [0.15, 0.2) is 0 Å². The van der Waals surface area contributed by atoms with Crippen molar-refractivity contribution >= 4 is 40.0 Å². The number of carbonyl (C=O) groups is 1. The van der Waals surface area contributed by atoms with Gasteiger partial charge in [-0.25, -0.2) is 9.37 Å². The van der Waals surface area contributed by atoms with Gasteiger partial charge in [-0.15, -0.1) is 0 Å². The standard InChI is InChI=1S/C18H21Cl2FN4O3/c1-11(26)16(22-6-4-21)17(27)23-5-2-3-7-25-10-24-15-9-14(20)13(19)8-12(15)18(25)28/h2-3,8-11,16,22,26H,4-7H2,1H3,(H,23,27)/b3-2+/t11-,16+/m1/s1. The van der Waals surface area contributed by atoms with Crippen LogP contribution in [0, 0.1) is 0 Å². The lowest BCUT2D eigenvalue weighted by Crippen LogP contribution is -2.51. The molecule has 0 aliphatic carbocycles. The summed E-state index contributed by atoms with van der Waals surface area (Å²) in [4.78, 5) is 28.7. The zero-order valence-electron chi connectivity index (χ0n) is 15.2. The van der Waals surface area contributed by atoms with Gasteiger partial charge in [0.1, 0.15) is 12.7 Å². The Morgan fingerprint density at radius 2 is 2.07 bits per heavy atom. The number of aromatic nitrogens is 2. The minimum Gasteiger partial charge on any atom is -0.391 e. The first-order valence-electron chi connectivity index (χ1n) is 8.59. The average Bonchev–Trinajstić information content (AvgIpc) is 2.65. The van der Waals surface area contributed by atoms with Crippen molar-refractivity contribution in [3.8, 4) is 0 Å². The fraction of sp³-hybridized carbons (Fsp3) is 0.389. The van der Waals surface area contributed by atoms with Gasteiger partial charge in [0.05, 0.1) is 33.4 Å². The molecule has 0 saturated heterocycles. The number of fused-ring (bicyclic) bond motifs is 1. The number of halogens is 3. The summed E-state index contributed by atoms with van der Waals surface area (Å²) in [6.45, 7) is 1.23. The van der Waals surface area contributed by atoms with Gasteiger partial charge < -0.3 is 15.7 Å². The third-order valence-electron chi connectivity index (χ3n) is 3.95. The maximum Gasteiger partial charge on any atom is 0.261 e. The van der Waals surface area contributed by atoms with Gasteiger partial charge in [-0.05, 0) is 19.1 Å². The minimum atomic E-state index is -0.960. The number of rotatable bonds is 9. The summed E-state index contributed by atoms with van der Waals surface area (Å²) in [5.74, 6) is -0.441. The monoisotopic (exact) mass is 430 g/mol. The predicted octanol–water partition coefficient (Wildman–Crippen LogP) is 1.68. The van der Waals surface area contributed by atoms with Gasteiger partial charge in [0.2, 0.25) is 5.91 Å². The first kappa shape index (κ1) is 22.3. The lowest BCUT2D eigenvalue weighted by Gasteiger charge is -2.19. The fourth-order valence-electron chi connectivity index (χ4n) is 2.52. The van der Waals surface area contributed by atoms with Crippen molar-refractivity contribution in [2.45, 2.75) is 25.6 Å². The van der Waals surface area contributed by atoms with E-state index in [0.29, 0.717) is 15.9 Å². The molecule has 152 valence electrons. The number of alkyl halides is 1. The van der Waals surface area contributed by atoms with Crippen LogP contribution in [0.5, 0.6) is 0 Å². The van der Waals surface area contributed by atoms with Crippen LogP contribution in [0.25, 0.3) is 10.9 Å². The van der Waals surface area contributed by atoms with E-state index in [1.165, 1.54) is 30.0 Å². The third kappa shape index (κ3) is 5.75. The zero-order chi connectivity index (χ0) is 20.7. The summed E-state index contributed by atoms with van der Waals surface area (Å²) in [6.07, 6.45) is 3.80. The molecule has 1 aromatic carbocycles. The van der Waals surface area contributed by atoms with Crippen molar-refractivity contribution in [2.75, 3.05) is 19.8 Å². The number of aliphatic hydroxyl groups is 1. The van der Waals surface area contributed by atoms with E-state index in [2.05, 4.69) is 15.6 Å². The molecule has 1 heterocycles. The number of benzene rings is 1. The van der Waals surface area contributed by atoms with E-state index in [-0.39, 0.29) is 30.2 Å². The predicted molar refractivity (Wildman–Crippen MR) is 108 cm³/mol. The fourth-order valence-corrected chi connectivity index (χ4v) is 2.84. The van der Waals surface area contributed by atoms with E-state index in [1.54, 1.807) is 12.2 Å². The molecule has 0 unspecified atom stereocenters. The molecule has 10 heteroatoms. The Balaban J connectivity index is 1.96. The molecule has 1 aromatic heterocycles. The van der Waals surface area contributed by atoms with Gasteiger partial charge in [-0.2, -0.15) is 0 Å². The Morgan fingerprint density at radius 3 is 2.75 bits per heavy atom. The van der Waals surface area contributed by atoms with Crippen LogP contribution in [0.4, 0.5) is 4.39 Å². The van der Waals surface area contributed by atoms with Crippen LogP contribution in [0.1, 0.15) is 6.92 Å². The first-order chi connectivity index (χ1) is 13.3. The highest BCUT2D eigenvalue weighted by Gasteiger charge is 2.22. The number of hydrogen-bond acceptors (Lipinski definition) is 5. The Bertz CT molecular complexity index is 918. The van der Waals surface area contributed by atoms with Crippen molar-refractivity contribution in [3.05, 3.63) is 51.0 Å². The molecule has 7 nitrogen and oxygen atoms in total. The van der Waals surface area contributed by atoms with E-state index in [0.717, 1.165) is 0 Å². The molecule has 0 aliphatic heterocycles. The van der Waals surface area contributed by atoms with Crippen molar-refractivity contribution in [3.63, 3.8) is 0 Å². The van der Waals surface area contributed by atoms with Crippen molar-refractivity contribution in [2.24, 2.45) is 0 Å². The number of aliphatic hydroxyl groups excluding tert-OH is 1. The SMILES string of the molecule is C[C@@H](O)[C@H](NCCF)C(=O)NC/C=C/Cn1cnc2cc(Cl)c(Cl)cc2c1=O. The number of amides is 1. The lowest BCUT2D eigenvalue weighted by atomic mass is 10.1. The van der Waals surface area contributed by atoms with Crippen LogP contribution < -0.4 is 16.2 Å². The molecule has 1 amide bonds. The maximum absolute atomic E-state index is 12.5. The summed E-state index contributed by atoms with van der Waals surface area (Å²) in [6, 6.07) is 2.12. The van der Waals surface area contributed by atoms with E-state index >= 15 is 0 Å². The second-order valence-corrected chi connectivity index (χ2v) is 6.88. The molecule has 28 heavy (non-hydrogen) atoms. The van der Waals surface area contributed by atoms with Crippen LogP contribution in [0.15, 0.2) is 35.4 Å². The minimum absolute atomic E-state index is 0.0219. The second kappa shape index (κ2) is 10.5. The van der Waals surface area contributed by atoms with Crippen LogP contribution in [0.2, 0.25) is 10.0 Å². The molecule has 0 saturated carbocycles. The van der Waals surface area contributed by atoms with Crippen molar-refractivity contribution in [1.82, 2.24) is 20.2 Å². The first-order valence-corrected chi connectivity index (χ1v) is 9.35. The van der Waals surface area contributed by atoms with Gasteiger partial charge in [0, 0.05) is 19.6 Å². The van der Waals surface area contributed by atoms with E-state index in [1.807, 2.05) is 0 Å². The van der Waals surface area contributed by atoms with Gasteiger partial charge in [-0.1, -0.05) is 35.4 Å². The number of nitrogens with zero attached hydrogens (tertiary/aromatic N) is 2. The van der Waals surface area contributed by atoms with Crippen LogP contribution in [-0.2, 0) is 11.3 Å². The second-order valence-electron chi connectivity index (χ2n) is 6.06. The topological polar surface area (TPSA) is 96.2 Å². The summed E-state index contributed by atoms with van der Waals surface area (Å²) in [7, 11) is 0. The normalized spacial score (nSPS) is 13.8. The molecular weight excluding hydrogens is 410 g/mol. The van der Waals surface area contributed by atoms with Crippen LogP contribution in [0.3, 0.4) is 0 Å². The number of allylic oxidation sites excluding steroid dienone is 1. The van der Waals surface area contributed by atoms with Crippen LogP contribution >= 0.6 is 23.2 Å². The van der Waals surface area contributed by atoms with Crippen molar-refractivity contribution in [1.29, 1.82) is 0 Å². The van der Waals surface area contributed by atoms with E-state index < -0.39 is 24.7 Å². The molecule has 2 aromatic rings. The summed E-state index contributed by atoms with van der Waals surface area (Å²) >= 11 is 11.9. The van der Waals surface area contributed by atoms with Crippen molar-refractivity contribution < 1.29 is 14.3 Å². The Kier molecular flexibility index (Phi) is 8.37. The highest BCUT2D eigenvalue weighted by atomic mass is 35.5. The van der Waals surface area contributed by atoms with Crippen LogP contribution in [-0.4, -0.2) is 52.5 Å². The summed E-state index contributed by atoms with van der Waals surface area (Å²) < 4.78 is 13.6. The molecule has 0 radical (unpaired) electrons. The Labute approximate surface area is 171 Å². The maximum atomic E-state index is 12.5.